The summed E-state index contributed by atoms with van der Waals surface area (Å²) < 4.78 is 34.1. The maximum absolute atomic E-state index is 14.3. The van der Waals surface area contributed by atoms with E-state index in [2.05, 4.69) is 11.6 Å². The smallest absolute Gasteiger partial charge is 0.130 e. The van der Waals surface area contributed by atoms with Gasteiger partial charge in [-0.1, -0.05) is 29.8 Å². The molecule has 150 valence electrons. The molecule has 0 bridgehead atoms. The van der Waals surface area contributed by atoms with E-state index in [1.807, 2.05) is 24.4 Å². The average molecular weight is 432 g/mol. The first-order chi connectivity index (χ1) is 14.0. The predicted molar refractivity (Wildman–Crippen MR) is 113 cm³/mol. The van der Waals surface area contributed by atoms with Crippen molar-refractivity contribution in [2.45, 2.75) is 35.2 Å². The van der Waals surface area contributed by atoms with Gasteiger partial charge >= 0.3 is 0 Å². The maximum Gasteiger partial charge on any atom is 0.130 e. The van der Waals surface area contributed by atoms with Gasteiger partial charge in [0.25, 0.3) is 0 Å². The minimum Gasteiger partial charge on any atom is -0.367 e. The number of allylic oxidation sites excluding steroid dienone is 1. The van der Waals surface area contributed by atoms with Crippen molar-refractivity contribution in [1.29, 1.82) is 0 Å². The van der Waals surface area contributed by atoms with Gasteiger partial charge < -0.3 is 9.72 Å². The standard InChI is InChI=1S/C23H20ClF2NOS/c1-2-10-23(13-16-5-4-11-27-16)22(17-9-8-15(25)12-21(17)29-23)28-14-18-19(24)6-3-7-20(18)26/h2-9,11-12,22,27H,1,10,13-14H2. The molecule has 1 aliphatic heterocycles. The molecule has 0 radical (unpaired) electrons. The van der Waals surface area contributed by atoms with E-state index in [0.29, 0.717) is 23.4 Å². The van der Waals surface area contributed by atoms with E-state index in [4.69, 9.17) is 16.3 Å². The Hall–Kier alpha value is -2.08. The van der Waals surface area contributed by atoms with Gasteiger partial charge in [0.15, 0.2) is 0 Å². The number of H-pyrrole nitrogens is 1. The summed E-state index contributed by atoms with van der Waals surface area (Å²) in [6, 6.07) is 13.3. The summed E-state index contributed by atoms with van der Waals surface area (Å²) in [5.41, 5.74) is 2.27. The molecule has 0 fully saturated rings. The third kappa shape index (κ3) is 4.00. The van der Waals surface area contributed by atoms with Gasteiger partial charge in [0.1, 0.15) is 11.6 Å². The van der Waals surface area contributed by atoms with Crippen LogP contribution in [0.5, 0.6) is 0 Å². The van der Waals surface area contributed by atoms with E-state index < -0.39 is 10.6 Å². The highest BCUT2D eigenvalue weighted by Gasteiger charge is 2.47. The van der Waals surface area contributed by atoms with Crippen molar-refractivity contribution < 1.29 is 13.5 Å². The Kier molecular flexibility index (Phi) is 5.81. The summed E-state index contributed by atoms with van der Waals surface area (Å²) in [5, 5.41) is 0.327. The number of fused-ring (bicyclic) bond motifs is 1. The van der Waals surface area contributed by atoms with Crippen LogP contribution in [0.4, 0.5) is 8.78 Å². The maximum atomic E-state index is 14.3. The van der Waals surface area contributed by atoms with E-state index in [0.717, 1.165) is 16.2 Å². The second-order valence-corrected chi connectivity index (χ2v) is 8.97. The third-order valence-corrected chi connectivity index (χ3v) is 7.01. The molecule has 2 nitrogen and oxygen atoms in total. The molecule has 2 unspecified atom stereocenters. The zero-order valence-corrected chi connectivity index (χ0v) is 17.2. The SMILES string of the molecule is C=CCC1(Cc2ccc[nH]2)Sc2cc(F)ccc2C1OCc1c(F)cccc1Cl. The van der Waals surface area contributed by atoms with Crippen LogP contribution >= 0.6 is 23.4 Å². The van der Waals surface area contributed by atoms with Crippen LogP contribution in [0.15, 0.2) is 72.3 Å². The summed E-state index contributed by atoms with van der Waals surface area (Å²) in [6.07, 6.45) is 4.66. The number of halogens is 3. The van der Waals surface area contributed by atoms with Crippen molar-refractivity contribution in [2.75, 3.05) is 0 Å². The first-order valence-corrected chi connectivity index (χ1v) is 10.5. The first-order valence-electron chi connectivity index (χ1n) is 9.28. The molecule has 0 aliphatic carbocycles. The number of nitrogens with one attached hydrogen (secondary N) is 1. The zero-order valence-electron chi connectivity index (χ0n) is 15.6. The molecule has 1 N–H and O–H groups in total. The van der Waals surface area contributed by atoms with Gasteiger partial charge in [0.05, 0.1) is 17.5 Å². The quantitative estimate of drug-likeness (QED) is 0.413. The average Bonchev–Trinajstić information content (AvgIpc) is 3.27. The van der Waals surface area contributed by atoms with E-state index >= 15 is 0 Å². The van der Waals surface area contributed by atoms with Crippen LogP contribution in [-0.4, -0.2) is 9.73 Å². The highest BCUT2D eigenvalue weighted by molar-refractivity contribution is 8.01. The van der Waals surface area contributed by atoms with Gasteiger partial charge in [-0.05, 0) is 48.4 Å². The molecule has 2 heterocycles. The number of aromatic nitrogens is 1. The molecule has 29 heavy (non-hydrogen) atoms. The van der Waals surface area contributed by atoms with Gasteiger partial charge in [0, 0.05) is 33.8 Å². The van der Waals surface area contributed by atoms with Crippen LogP contribution in [0.2, 0.25) is 5.02 Å². The molecule has 0 saturated carbocycles. The molecule has 0 amide bonds. The minimum absolute atomic E-state index is 0.0250. The molecule has 0 saturated heterocycles. The van der Waals surface area contributed by atoms with Crippen LogP contribution in [0.3, 0.4) is 0 Å². The molecule has 1 aromatic heterocycles. The highest BCUT2D eigenvalue weighted by Crippen LogP contribution is 2.57. The summed E-state index contributed by atoms with van der Waals surface area (Å²) in [4.78, 5) is 4.08. The van der Waals surface area contributed by atoms with E-state index in [9.17, 15) is 8.78 Å². The van der Waals surface area contributed by atoms with E-state index in [-0.39, 0.29) is 18.5 Å². The number of rotatable bonds is 7. The lowest BCUT2D eigenvalue weighted by Crippen LogP contribution is -2.33. The monoisotopic (exact) mass is 431 g/mol. The normalized spacial score (nSPS) is 20.6. The van der Waals surface area contributed by atoms with Gasteiger partial charge in [-0.2, -0.15) is 0 Å². The molecular formula is C23H20ClF2NOS. The molecule has 2 atom stereocenters. The number of ether oxygens (including phenoxy) is 1. The van der Waals surface area contributed by atoms with E-state index in [1.165, 1.54) is 18.2 Å². The van der Waals surface area contributed by atoms with Crippen LogP contribution in [-0.2, 0) is 17.8 Å². The molecule has 3 aromatic rings. The Bertz CT molecular complexity index is 1000. The fourth-order valence-electron chi connectivity index (χ4n) is 3.84. The Labute approximate surface area is 177 Å². The highest BCUT2D eigenvalue weighted by atomic mass is 35.5. The topological polar surface area (TPSA) is 25.0 Å². The van der Waals surface area contributed by atoms with Crippen molar-refractivity contribution in [3.8, 4) is 0 Å². The van der Waals surface area contributed by atoms with Crippen LogP contribution in [0.25, 0.3) is 0 Å². The summed E-state index contributed by atoms with van der Waals surface area (Å²) in [7, 11) is 0. The Morgan fingerprint density at radius 2 is 2.07 bits per heavy atom. The molecule has 0 spiro atoms. The van der Waals surface area contributed by atoms with Crippen LogP contribution in [0.1, 0.15) is 29.3 Å². The number of thioether (sulfide) groups is 1. The largest absolute Gasteiger partial charge is 0.367 e. The lowest BCUT2D eigenvalue weighted by molar-refractivity contribution is 0.0126. The van der Waals surface area contributed by atoms with Crippen molar-refractivity contribution >= 4 is 23.4 Å². The van der Waals surface area contributed by atoms with Gasteiger partial charge in [-0.3, -0.25) is 0 Å². The lowest BCUT2D eigenvalue weighted by atomic mass is 9.88. The minimum atomic E-state index is -0.430. The summed E-state index contributed by atoms with van der Waals surface area (Å²) in [5.74, 6) is -0.692. The summed E-state index contributed by atoms with van der Waals surface area (Å²) in [6.45, 7) is 3.95. The van der Waals surface area contributed by atoms with E-state index in [1.54, 1.807) is 30.0 Å². The third-order valence-electron chi connectivity index (χ3n) is 5.15. The number of hydrogen-bond donors (Lipinski definition) is 1. The summed E-state index contributed by atoms with van der Waals surface area (Å²) >= 11 is 7.78. The number of aromatic amines is 1. The first kappa shape index (κ1) is 20.2. The van der Waals surface area contributed by atoms with Gasteiger partial charge in [-0.15, -0.1) is 18.3 Å². The van der Waals surface area contributed by atoms with Crippen LogP contribution < -0.4 is 0 Å². The predicted octanol–water partition coefficient (Wildman–Crippen LogP) is 6.87. The fourth-order valence-corrected chi connectivity index (χ4v) is 5.69. The Balaban J connectivity index is 1.72. The van der Waals surface area contributed by atoms with Gasteiger partial charge in [-0.25, -0.2) is 8.78 Å². The van der Waals surface area contributed by atoms with Crippen LogP contribution in [0, 0.1) is 11.6 Å². The van der Waals surface area contributed by atoms with Crippen molar-refractivity contribution in [1.82, 2.24) is 4.98 Å². The second-order valence-electron chi connectivity index (χ2n) is 7.11. The number of benzene rings is 2. The molecule has 1 aliphatic rings. The second kappa shape index (κ2) is 8.34. The molecular weight excluding hydrogens is 412 g/mol. The Morgan fingerprint density at radius 3 is 2.79 bits per heavy atom. The number of hydrogen-bond acceptors (Lipinski definition) is 2. The Morgan fingerprint density at radius 1 is 1.21 bits per heavy atom. The van der Waals surface area contributed by atoms with Crippen molar-refractivity contribution in [3.05, 3.63) is 101 Å². The lowest BCUT2D eigenvalue weighted by Gasteiger charge is -2.34. The van der Waals surface area contributed by atoms with Crippen molar-refractivity contribution in [2.24, 2.45) is 0 Å². The van der Waals surface area contributed by atoms with Crippen molar-refractivity contribution in [3.63, 3.8) is 0 Å². The molecule has 2 aromatic carbocycles. The fraction of sp³-hybridized carbons (Fsp3) is 0.217. The molecule has 4 rings (SSSR count). The molecule has 6 heteroatoms. The van der Waals surface area contributed by atoms with Gasteiger partial charge in [0.2, 0.25) is 0 Å². The zero-order chi connectivity index (χ0) is 20.4.